The summed E-state index contributed by atoms with van der Waals surface area (Å²) in [4.78, 5) is 73.0. The second kappa shape index (κ2) is 72.3. The number of ether oxygens (including phenoxy) is 4. The minimum atomic E-state index is -4.96. The van der Waals surface area contributed by atoms with E-state index in [1.807, 2.05) is 0 Å². The maximum Gasteiger partial charge on any atom is 0.472 e. The maximum absolute atomic E-state index is 13.1. The van der Waals surface area contributed by atoms with Crippen molar-refractivity contribution in [3.8, 4) is 0 Å². The molecule has 0 aliphatic rings. The van der Waals surface area contributed by atoms with Gasteiger partial charge in [-0.3, -0.25) is 37.3 Å². The third-order valence-corrected chi connectivity index (χ3v) is 21.4. The number of aliphatic hydroxyl groups is 1. The van der Waals surface area contributed by atoms with Crippen molar-refractivity contribution in [2.24, 2.45) is 17.8 Å². The molecule has 0 heterocycles. The van der Waals surface area contributed by atoms with Crippen LogP contribution in [-0.4, -0.2) is 96.7 Å². The fourth-order valence-corrected chi connectivity index (χ4v) is 14.2. The Bertz CT molecular complexity index is 1960. The van der Waals surface area contributed by atoms with Crippen molar-refractivity contribution < 1.29 is 80.2 Å². The number of esters is 4. The highest BCUT2D eigenvalue weighted by atomic mass is 31.2. The zero-order valence-corrected chi connectivity index (χ0v) is 68.2. The molecule has 0 rings (SSSR count). The highest BCUT2D eigenvalue weighted by Crippen LogP contribution is 2.45. The fourth-order valence-electron chi connectivity index (χ4n) is 12.6. The van der Waals surface area contributed by atoms with Crippen LogP contribution >= 0.6 is 15.6 Å². The number of aliphatic hydroxyl groups excluding tert-OH is 1. The highest BCUT2D eigenvalue weighted by Gasteiger charge is 2.30. The van der Waals surface area contributed by atoms with E-state index < -0.39 is 97.5 Å². The number of carbonyl (C=O) groups excluding carboxylic acids is 4. The maximum atomic E-state index is 13.1. The van der Waals surface area contributed by atoms with Crippen LogP contribution in [0.25, 0.3) is 0 Å². The SMILES string of the molecule is CCCCCCCCCCCCCCCC(=O)O[C@H](COC(=O)CCCCCCCCC(C)C)COP(=O)(O)OC[C@H](O)COP(=O)(O)OC[C@@H](COC(=O)CCCCCCCCCCCCCCCCC(C)CC)OC(=O)CCCCCCCCCCCCCCCCCCCCC(C)C. The van der Waals surface area contributed by atoms with Gasteiger partial charge in [0.05, 0.1) is 26.4 Å². The van der Waals surface area contributed by atoms with Gasteiger partial charge in [-0.1, -0.05) is 376 Å². The molecule has 0 amide bonds. The van der Waals surface area contributed by atoms with Crippen LogP contribution in [0.4, 0.5) is 0 Å². The van der Waals surface area contributed by atoms with Gasteiger partial charge >= 0.3 is 39.5 Å². The molecule has 0 saturated carbocycles. The Labute approximate surface area is 619 Å². The fraction of sp³-hybridized carbons (Fsp3) is 0.951. The minimum absolute atomic E-state index is 0.107. The Balaban J connectivity index is 5.21. The molecule has 0 radical (unpaired) electrons. The first-order valence-corrected chi connectivity index (χ1v) is 45.4. The molecule has 101 heavy (non-hydrogen) atoms. The van der Waals surface area contributed by atoms with Crippen molar-refractivity contribution in [2.75, 3.05) is 39.6 Å². The predicted molar refractivity (Wildman–Crippen MR) is 414 cm³/mol. The molecule has 0 aromatic heterocycles. The molecule has 0 aliphatic carbocycles. The molecule has 0 fully saturated rings. The summed E-state index contributed by atoms with van der Waals surface area (Å²) >= 11 is 0. The summed E-state index contributed by atoms with van der Waals surface area (Å²) in [5.74, 6) is 0.239. The van der Waals surface area contributed by atoms with Gasteiger partial charge in [0, 0.05) is 25.7 Å². The van der Waals surface area contributed by atoms with Crippen molar-refractivity contribution in [1.29, 1.82) is 0 Å². The van der Waals surface area contributed by atoms with Gasteiger partial charge in [-0.15, -0.1) is 0 Å². The number of carbonyl (C=O) groups is 4. The number of phosphoric acid groups is 2. The first-order valence-electron chi connectivity index (χ1n) is 42.4. The van der Waals surface area contributed by atoms with Crippen molar-refractivity contribution in [1.82, 2.24) is 0 Å². The molecule has 0 aromatic carbocycles. The molecule has 0 aromatic rings. The summed E-state index contributed by atoms with van der Waals surface area (Å²) < 4.78 is 68.7. The van der Waals surface area contributed by atoms with Crippen LogP contribution in [0.1, 0.15) is 427 Å². The van der Waals surface area contributed by atoms with Crippen LogP contribution in [0.3, 0.4) is 0 Å². The number of unbranched alkanes of at least 4 members (excludes halogenated alkanes) is 47. The summed E-state index contributed by atoms with van der Waals surface area (Å²) in [5, 5.41) is 10.6. The van der Waals surface area contributed by atoms with Gasteiger partial charge in [-0.2, -0.15) is 0 Å². The number of phosphoric ester groups is 2. The lowest BCUT2D eigenvalue weighted by Crippen LogP contribution is -2.30. The smallest absolute Gasteiger partial charge is 0.462 e. The molecule has 600 valence electrons. The number of hydrogen-bond donors (Lipinski definition) is 3. The molecule has 0 saturated heterocycles. The van der Waals surface area contributed by atoms with E-state index in [2.05, 4.69) is 48.5 Å². The zero-order chi connectivity index (χ0) is 74.4. The first kappa shape index (κ1) is 99.1. The number of rotatable bonds is 80. The molecule has 0 spiro atoms. The lowest BCUT2D eigenvalue weighted by atomic mass is 9.99. The Kier molecular flexibility index (Phi) is 70.9. The Hall–Kier alpha value is -1.94. The van der Waals surface area contributed by atoms with Gasteiger partial charge in [0.15, 0.2) is 12.2 Å². The van der Waals surface area contributed by atoms with E-state index in [9.17, 15) is 43.2 Å². The Morgan fingerprint density at radius 3 is 0.752 bits per heavy atom. The molecule has 17 nitrogen and oxygen atoms in total. The highest BCUT2D eigenvalue weighted by molar-refractivity contribution is 7.47. The predicted octanol–water partition coefficient (Wildman–Crippen LogP) is 24.5. The van der Waals surface area contributed by atoms with E-state index in [1.54, 1.807) is 0 Å². The van der Waals surface area contributed by atoms with Gasteiger partial charge in [-0.25, -0.2) is 9.13 Å². The average molecular weight is 1480 g/mol. The second-order valence-corrected chi connectivity index (χ2v) is 33.6. The van der Waals surface area contributed by atoms with Crippen LogP contribution in [0.5, 0.6) is 0 Å². The van der Waals surface area contributed by atoms with E-state index in [4.69, 9.17) is 37.0 Å². The summed E-state index contributed by atoms with van der Waals surface area (Å²) in [5.41, 5.74) is 0. The van der Waals surface area contributed by atoms with Crippen LogP contribution in [-0.2, 0) is 65.4 Å². The van der Waals surface area contributed by atoms with Gasteiger partial charge in [-0.05, 0) is 43.4 Å². The van der Waals surface area contributed by atoms with E-state index in [0.29, 0.717) is 31.6 Å². The number of hydrogen-bond acceptors (Lipinski definition) is 15. The molecular formula is C82H160O17P2. The van der Waals surface area contributed by atoms with Gasteiger partial charge < -0.3 is 33.8 Å². The zero-order valence-electron chi connectivity index (χ0n) is 66.4. The molecule has 3 unspecified atom stereocenters. The van der Waals surface area contributed by atoms with Crippen LogP contribution in [0.2, 0.25) is 0 Å². The normalized spacial score (nSPS) is 14.2. The van der Waals surface area contributed by atoms with Crippen LogP contribution in [0, 0.1) is 17.8 Å². The third kappa shape index (κ3) is 74.7. The average Bonchev–Trinajstić information content (AvgIpc) is 0.972. The standard InChI is InChI=1S/C82H160O17P2/c1-8-10-11-12-13-14-15-24-32-37-42-51-58-65-82(87)99-78(70-93-80(85)64-57-50-45-44-47-54-61-74(5)6)72-97-101(90,91)95-68-76(83)67-94-100(88,89)96-71-77(69-92-79(84)63-56-49-41-36-31-27-23-22-26-30-35-40-48-55-62-75(7)9-2)98-81(86)66-59-52-43-38-33-28-21-19-17-16-18-20-25-29-34-39-46-53-60-73(3)4/h73-78,83H,8-72H2,1-7H3,(H,88,89)(H,90,91)/t75?,76-,77-,78-/m1/s1. The monoisotopic (exact) mass is 1480 g/mol. The van der Waals surface area contributed by atoms with Gasteiger partial charge in [0.25, 0.3) is 0 Å². The van der Waals surface area contributed by atoms with E-state index >= 15 is 0 Å². The van der Waals surface area contributed by atoms with Crippen molar-refractivity contribution in [3.63, 3.8) is 0 Å². The molecular weight excluding hydrogens is 1320 g/mol. The molecule has 3 N–H and O–H groups in total. The van der Waals surface area contributed by atoms with E-state index in [-0.39, 0.29) is 25.7 Å². The quantitative estimate of drug-likeness (QED) is 0.0222. The summed E-state index contributed by atoms with van der Waals surface area (Å²) in [6.07, 6.45) is 61.2. The largest absolute Gasteiger partial charge is 0.472 e. The summed E-state index contributed by atoms with van der Waals surface area (Å²) in [7, 11) is -9.92. The lowest BCUT2D eigenvalue weighted by Gasteiger charge is -2.21. The van der Waals surface area contributed by atoms with E-state index in [0.717, 1.165) is 108 Å². The molecule has 0 aliphatic heterocycles. The van der Waals surface area contributed by atoms with Crippen LogP contribution in [0.15, 0.2) is 0 Å². The van der Waals surface area contributed by atoms with Crippen molar-refractivity contribution in [3.05, 3.63) is 0 Å². The first-order chi connectivity index (χ1) is 48.8. The van der Waals surface area contributed by atoms with Crippen molar-refractivity contribution in [2.45, 2.75) is 446 Å². The van der Waals surface area contributed by atoms with Crippen LogP contribution < -0.4 is 0 Å². The minimum Gasteiger partial charge on any atom is -0.462 e. The Morgan fingerprint density at radius 1 is 0.287 bits per heavy atom. The van der Waals surface area contributed by atoms with Gasteiger partial charge in [0.1, 0.15) is 19.3 Å². The lowest BCUT2D eigenvalue weighted by molar-refractivity contribution is -0.161. The molecule has 6 atom stereocenters. The van der Waals surface area contributed by atoms with Gasteiger partial charge in [0.2, 0.25) is 0 Å². The summed E-state index contributed by atoms with van der Waals surface area (Å²) in [6.45, 7) is 12.0. The third-order valence-electron chi connectivity index (χ3n) is 19.5. The topological polar surface area (TPSA) is 237 Å². The molecule has 19 heteroatoms. The Morgan fingerprint density at radius 2 is 0.505 bits per heavy atom. The summed E-state index contributed by atoms with van der Waals surface area (Å²) in [6, 6.07) is 0. The second-order valence-electron chi connectivity index (χ2n) is 30.7. The van der Waals surface area contributed by atoms with Crippen molar-refractivity contribution >= 4 is 39.5 Å². The molecule has 0 bridgehead atoms. The van der Waals surface area contributed by atoms with E-state index in [1.165, 1.54) is 231 Å².